The summed E-state index contributed by atoms with van der Waals surface area (Å²) in [6, 6.07) is 4.22. The first-order chi connectivity index (χ1) is 9.65. The molecule has 21 heavy (non-hydrogen) atoms. The lowest BCUT2D eigenvalue weighted by molar-refractivity contribution is -0.137. The minimum Gasteiger partial charge on any atom is -0.321 e. The summed E-state index contributed by atoms with van der Waals surface area (Å²) in [7, 11) is -1.59. The van der Waals surface area contributed by atoms with Gasteiger partial charge in [-0.25, -0.2) is 4.21 Å². The molecule has 0 heterocycles. The number of carbonyl (C=O) groups excluding carboxylic acids is 1. The average Bonchev–Trinajstić information content (AvgIpc) is 2.36. The number of benzene rings is 1. The van der Waals surface area contributed by atoms with Crippen molar-refractivity contribution in [2.75, 3.05) is 11.6 Å². The molecule has 1 amide bonds. The standard InChI is InChI=1S/C12H10F3N3O2S/c1-7(18-21(2)20)11(19)17-9-4-3-8(6-16)10(5-9)12(13,14)15/h3-5H,1-2H3,(H,17,19). The van der Waals surface area contributed by atoms with Crippen LogP contribution >= 0.6 is 0 Å². The predicted octanol–water partition coefficient (Wildman–Crippen LogP) is 2.27. The number of nitrogens with one attached hydrogen (secondary N) is 1. The van der Waals surface area contributed by atoms with Crippen molar-refractivity contribution in [2.45, 2.75) is 13.1 Å². The van der Waals surface area contributed by atoms with Crippen molar-refractivity contribution in [3.05, 3.63) is 29.3 Å². The van der Waals surface area contributed by atoms with Gasteiger partial charge in [-0.3, -0.25) is 4.79 Å². The summed E-state index contributed by atoms with van der Waals surface area (Å²) in [5.74, 6) is -0.775. The fourth-order valence-corrected chi connectivity index (χ4v) is 1.88. The smallest absolute Gasteiger partial charge is 0.321 e. The lowest BCUT2D eigenvalue weighted by atomic mass is 10.1. The van der Waals surface area contributed by atoms with Gasteiger partial charge in [-0.2, -0.15) is 22.8 Å². The number of amides is 1. The largest absolute Gasteiger partial charge is 0.417 e. The van der Waals surface area contributed by atoms with Crippen molar-refractivity contribution in [1.29, 1.82) is 5.26 Å². The first-order valence-electron chi connectivity index (χ1n) is 5.46. The Bertz CT molecular complexity index is 663. The van der Waals surface area contributed by atoms with E-state index in [0.29, 0.717) is 6.07 Å². The minimum absolute atomic E-state index is 0.131. The van der Waals surface area contributed by atoms with Crippen LogP contribution in [-0.2, 0) is 22.0 Å². The van der Waals surface area contributed by atoms with Gasteiger partial charge in [0.25, 0.3) is 5.91 Å². The molecule has 0 bridgehead atoms. The van der Waals surface area contributed by atoms with E-state index in [9.17, 15) is 22.2 Å². The molecule has 0 saturated heterocycles. The fourth-order valence-electron chi connectivity index (χ4n) is 1.41. The van der Waals surface area contributed by atoms with E-state index in [1.54, 1.807) is 0 Å². The highest BCUT2D eigenvalue weighted by atomic mass is 32.2. The number of hydrogen-bond donors (Lipinski definition) is 1. The zero-order valence-corrected chi connectivity index (χ0v) is 11.8. The second-order valence-corrected chi connectivity index (χ2v) is 4.95. The highest BCUT2D eigenvalue weighted by Crippen LogP contribution is 2.33. The zero-order valence-electron chi connectivity index (χ0n) is 11.0. The molecule has 0 aliphatic carbocycles. The van der Waals surface area contributed by atoms with Crippen molar-refractivity contribution in [1.82, 2.24) is 0 Å². The van der Waals surface area contributed by atoms with Crippen molar-refractivity contribution in [3.8, 4) is 6.07 Å². The minimum atomic E-state index is -4.71. The maximum absolute atomic E-state index is 12.8. The Labute approximate surface area is 121 Å². The van der Waals surface area contributed by atoms with Gasteiger partial charge in [-0.15, -0.1) is 0 Å². The van der Waals surface area contributed by atoms with E-state index in [2.05, 4.69) is 9.71 Å². The monoisotopic (exact) mass is 317 g/mol. The van der Waals surface area contributed by atoms with Crippen molar-refractivity contribution >= 4 is 28.3 Å². The summed E-state index contributed by atoms with van der Waals surface area (Å²) in [6.45, 7) is 1.28. The number of carbonyl (C=O) groups is 1. The normalized spacial score (nSPS) is 13.4. The van der Waals surface area contributed by atoms with Crippen LogP contribution in [0.1, 0.15) is 18.1 Å². The van der Waals surface area contributed by atoms with E-state index in [4.69, 9.17) is 5.26 Å². The van der Waals surface area contributed by atoms with Crippen LogP contribution in [0.5, 0.6) is 0 Å². The molecule has 112 valence electrons. The van der Waals surface area contributed by atoms with E-state index in [0.717, 1.165) is 6.07 Å². The number of alkyl halides is 3. The zero-order chi connectivity index (χ0) is 16.2. The van der Waals surface area contributed by atoms with Gasteiger partial charge >= 0.3 is 6.18 Å². The van der Waals surface area contributed by atoms with Gasteiger partial charge in [-0.1, -0.05) is 0 Å². The summed E-state index contributed by atoms with van der Waals surface area (Å²) < 4.78 is 52.6. The Kier molecular flexibility index (Phi) is 5.21. The van der Waals surface area contributed by atoms with Crippen LogP contribution in [0.2, 0.25) is 0 Å². The number of rotatable bonds is 3. The number of hydrogen-bond acceptors (Lipinski definition) is 3. The van der Waals surface area contributed by atoms with Crippen LogP contribution in [0.15, 0.2) is 22.6 Å². The van der Waals surface area contributed by atoms with Crippen LogP contribution in [0.3, 0.4) is 0 Å². The maximum atomic E-state index is 12.8. The maximum Gasteiger partial charge on any atom is 0.417 e. The third kappa shape index (κ3) is 4.68. The molecule has 9 heteroatoms. The third-order valence-corrected chi connectivity index (χ3v) is 2.83. The van der Waals surface area contributed by atoms with E-state index in [1.807, 2.05) is 0 Å². The Morgan fingerprint density at radius 1 is 1.43 bits per heavy atom. The Balaban J connectivity index is 3.10. The van der Waals surface area contributed by atoms with Gasteiger partial charge < -0.3 is 5.32 Å². The van der Waals surface area contributed by atoms with E-state index in [-0.39, 0.29) is 11.4 Å². The van der Waals surface area contributed by atoms with E-state index >= 15 is 0 Å². The van der Waals surface area contributed by atoms with E-state index in [1.165, 1.54) is 25.3 Å². The molecule has 1 N–H and O–H groups in total. The van der Waals surface area contributed by atoms with Gasteiger partial charge in [0.15, 0.2) is 0 Å². The van der Waals surface area contributed by atoms with Crippen LogP contribution in [0.25, 0.3) is 0 Å². The molecule has 0 aliphatic heterocycles. The molecular weight excluding hydrogens is 307 g/mol. The molecule has 5 nitrogen and oxygen atoms in total. The fraction of sp³-hybridized carbons (Fsp3) is 0.250. The van der Waals surface area contributed by atoms with Gasteiger partial charge in [-0.05, 0) is 25.1 Å². The first kappa shape index (κ1) is 16.8. The van der Waals surface area contributed by atoms with Crippen molar-refractivity contribution < 1.29 is 22.2 Å². The number of nitrogens with zero attached hydrogens (tertiary/aromatic N) is 2. The third-order valence-electron chi connectivity index (χ3n) is 2.30. The molecule has 0 aliphatic rings. The van der Waals surface area contributed by atoms with Crippen LogP contribution < -0.4 is 5.32 Å². The Morgan fingerprint density at radius 3 is 2.52 bits per heavy atom. The number of halogens is 3. The average molecular weight is 317 g/mol. The Hall–Kier alpha value is -2.21. The van der Waals surface area contributed by atoms with Gasteiger partial charge in [0.1, 0.15) is 16.7 Å². The molecular formula is C12H10F3N3O2S. The summed E-state index contributed by atoms with van der Waals surface area (Å²) in [5.41, 5.74) is -1.95. The van der Waals surface area contributed by atoms with Crippen LogP contribution in [0, 0.1) is 11.3 Å². The summed E-state index contributed by atoms with van der Waals surface area (Å²) in [4.78, 5) is 11.6. The van der Waals surface area contributed by atoms with Gasteiger partial charge in [0.2, 0.25) is 0 Å². The molecule has 0 spiro atoms. The molecule has 1 rings (SSSR count). The van der Waals surface area contributed by atoms with Gasteiger partial charge in [0, 0.05) is 11.9 Å². The van der Waals surface area contributed by atoms with Gasteiger partial charge in [0.05, 0.1) is 17.2 Å². The molecule has 0 fully saturated rings. The lowest BCUT2D eigenvalue weighted by Crippen LogP contribution is -2.21. The second kappa shape index (κ2) is 6.49. The highest BCUT2D eigenvalue weighted by molar-refractivity contribution is 7.83. The SMILES string of the molecule is CC(=NS(C)=O)C(=O)Nc1ccc(C#N)c(C(F)(F)F)c1. The van der Waals surface area contributed by atoms with Crippen molar-refractivity contribution in [2.24, 2.45) is 4.40 Å². The molecule has 0 radical (unpaired) electrons. The quantitative estimate of drug-likeness (QED) is 0.868. The van der Waals surface area contributed by atoms with Crippen LogP contribution in [0.4, 0.5) is 18.9 Å². The molecule has 1 aromatic rings. The first-order valence-corrected chi connectivity index (χ1v) is 6.98. The number of anilines is 1. The lowest BCUT2D eigenvalue weighted by Gasteiger charge is -2.11. The molecule has 0 aromatic heterocycles. The molecule has 1 unspecified atom stereocenters. The number of nitriles is 1. The predicted molar refractivity (Wildman–Crippen MR) is 72.0 cm³/mol. The van der Waals surface area contributed by atoms with E-state index < -0.39 is 34.2 Å². The summed E-state index contributed by atoms with van der Waals surface area (Å²) >= 11 is 0. The summed E-state index contributed by atoms with van der Waals surface area (Å²) in [6.07, 6.45) is -3.46. The topological polar surface area (TPSA) is 82.3 Å². The van der Waals surface area contributed by atoms with Crippen LogP contribution in [-0.4, -0.2) is 22.1 Å². The molecule has 0 saturated carbocycles. The molecule has 1 atom stereocenters. The second-order valence-electron chi connectivity index (χ2n) is 3.92. The molecule has 1 aromatic carbocycles. The summed E-state index contributed by atoms with van der Waals surface area (Å²) in [5, 5.41) is 10.8. The highest BCUT2D eigenvalue weighted by Gasteiger charge is 2.34. The Morgan fingerprint density at radius 2 is 2.05 bits per heavy atom. The van der Waals surface area contributed by atoms with Crippen molar-refractivity contribution in [3.63, 3.8) is 0 Å².